The zero-order chi connectivity index (χ0) is 22.3. The van der Waals surface area contributed by atoms with E-state index in [2.05, 4.69) is 0 Å². The van der Waals surface area contributed by atoms with Crippen molar-refractivity contribution < 1.29 is 39.9 Å². The van der Waals surface area contributed by atoms with Crippen LogP contribution in [0.25, 0.3) is 5.76 Å². The molecule has 5 atom stereocenters. The molecule has 0 aliphatic heterocycles. The van der Waals surface area contributed by atoms with Crippen molar-refractivity contribution in [3.8, 4) is 5.75 Å². The van der Waals surface area contributed by atoms with Gasteiger partial charge >= 0.3 is 0 Å². The molecular formula is C22H22O8. The van der Waals surface area contributed by atoms with E-state index in [0.29, 0.717) is 11.1 Å². The molecule has 8 nitrogen and oxygen atoms in total. The number of allylic oxidation sites excluding steroid dienone is 1. The summed E-state index contributed by atoms with van der Waals surface area (Å²) < 4.78 is 0. The van der Waals surface area contributed by atoms with Crippen LogP contribution in [0.2, 0.25) is 0 Å². The van der Waals surface area contributed by atoms with Crippen LogP contribution in [0.4, 0.5) is 0 Å². The number of aliphatic hydroxyl groups is 4. The van der Waals surface area contributed by atoms with Crippen LogP contribution in [-0.2, 0) is 14.4 Å². The summed E-state index contributed by atoms with van der Waals surface area (Å²) >= 11 is 0. The van der Waals surface area contributed by atoms with Crippen molar-refractivity contribution in [2.75, 3.05) is 0 Å². The molecule has 0 radical (unpaired) electrons. The molecule has 0 heterocycles. The van der Waals surface area contributed by atoms with E-state index in [1.807, 2.05) is 0 Å². The van der Waals surface area contributed by atoms with Crippen LogP contribution in [0.15, 0.2) is 29.0 Å². The normalized spacial score (nSPS) is 33.2. The first kappa shape index (κ1) is 20.3. The zero-order valence-corrected chi connectivity index (χ0v) is 16.6. The SMILES string of the molecule is CC(=O)C1=C(O)[C@]2(O)C(=O)C3=C(O)c4c(ccc(C)c4O)[C@@H](C)[C@@H]3[C@@H](O)[C@@H]2CC1=O. The number of rotatable bonds is 1. The zero-order valence-electron chi connectivity index (χ0n) is 16.6. The molecule has 3 aliphatic carbocycles. The number of phenols is 1. The molecule has 0 spiro atoms. The number of carbonyl (C=O) groups excluding carboxylic acids is 3. The Hall–Kier alpha value is -2.97. The van der Waals surface area contributed by atoms with Crippen molar-refractivity contribution >= 4 is 23.1 Å². The van der Waals surface area contributed by atoms with Crippen molar-refractivity contribution in [3.63, 3.8) is 0 Å². The van der Waals surface area contributed by atoms with Gasteiger partial charge in [-0.05, 0) is 30.9 Å². The molecule has 5 N–H and O–H groups in total. The Kier molecular flexibility index (Phi) is 4.24. The average molecular weight is 414 g/mol. The number of aromatic hydroxyl groups is 1. The Morgan fingerprint density at radius 1 is 1.17 bits per heavy atom. The highest BCUT2D eigenvalue weighted by atomic mass is 16.4. The molecule has 0 saturated heterocycles. The van der Waals surface area contributed by atoms with Crippen LogP contribution in [0.3, 0.4) is 0 Å². The molecule has 158 valence electrons. The number of benzene rings is 1. The lowest BCUT2D eigenvalue weighted by Gasteiger charge is -2.50. The smallest absolute Gasteiger partial charge is 0.202 e. The van der Waals surface area contributed by atoms with Gasteiger partial charge in [-0.2, -0.15) is 0 Å². The van der Waals surface area contributed by atoms with Crippen molar-refractivity contribution in [2.24, 2.45) is 11.8 Å². The summed E-state index contributed by atoms with van der Waals surface area (Å²) in [5.74, 6) is -7.52. The Morgan fingerprint density at radius 2 is 1.80 bits per heavy atom. The molecule has 3 aliphatic rings. The maximum absolute atomic E-state index is 13.4. The standard InChI is InChI=1S/C22H22O8/c1-7-4-5-10-8(2)13-16(19(27)15(10)17(7)25)21(29)22(30)11(18(13)26)6-12(24)14(9(3)23)20(22)28/h4-5,8,11,13,18,25-28,30H,6H2,1-3H3/t8-,11+,13+,18+,22+/m1/s1. The topological polar surface area (TPSA) is 152 Å². The largest absolute Gasteiger partial charge is 0.508 e. The van der Waals surface area contributed by atoms with Gasteiger partial charge in [0.05, 0.1) is 11.7 Å². The van der Waals surface area contributed by atoms with Gasteiger partial charge in [0.25, 0.3) is 0 Å². The Labute approximate surface area is 171 Å². The number of phenolic OH excluding ortho intramolecular Hbond substituents is 1. The Morgan fingerprint density at radius 3 is 2.40 bits per heavy atom. The minimum Gasteiger partial charge on any atom is -0.508 e. The summed E-state index contributed by atoms with van der Waals surface area (Å²) in [6.07, 6.45) is -1.98. The first-order valence-electron chi connectivity index (χ1n) is 9.63. The number of hydrogen-bond donors (Lipinski definition) is 5. The maximum atomic E-state index is 13.4. The monoisotopic (exact) mass is 414 g/mol. The molecule has 0 aromatic heterocycles. The third kappa shape index (κ3) is 2.26. The molecule has 1 aromatic rings. The lowest BCUT2D eigenvalue weighted by molar-refractivity contribution is -0.160. The van der Waals surface area contributed by atoms with E-state index in [9.17, 15) is 39.9 Å². The fourth-order valence-electron chi connectivity index (χ4n) is 5.21. The van der Waals surface area contributed by atoms with Gasteiger partial charge in [0.2, 0.25) is 5.78 Å². The molecule has 1 saturated carbocycles. The highest BCUT2D eigenvalue weighted by molar-refractivity contribution is 6.23. The molecule has 0 bridgehead atoms. The maximum Gasteiger partial charge on any atom is 0.202 e. The van der Waals surface area contributed by atoms with E-state index in [-0.39, 0.29) is 16.9 Å². The quantitative estimate of drug-likeness (QED) is 0.432. The second-order valence-corrected chi connectivity index (χ2v) is 8.37. The molecule has 0 unspecified atom stereocenters. The third-order valence-corrected chi connectivity index (χ3v) is 6.81. The van der Waals surface area contributed by atoms with Crippen LogP contribution in [-0.4, -0.2) is 54.6 Å². The van der Waals surface area contributed by atoms with Gasteiger partial charge in [-0.15, -0.1) is 0 Å². The van der Waals surface area contributed by atoms with Crippen LogP contribution >= 0.6 is 0 Å². The first-order valence-corrected chi connectivity index (χ1v) is 9.63. The Balaban J connectivity index is 2.03. The number of hydrogen-bond acceptors (Lipinski definition) is 8. The first-order chi connectivity index (χ1) is 13.9. The lowest BCUT2D eigenvalue weighted by Crippen LogP contribution is -2.63. The van der Waals surface area contributed by atoms with Crippen LogP contribution < -0.4 is 0 Å². The Bertz CT molecular complexity index is 1090. The fraction of sp³-hybridized carbons (Fsp3) is 0.409. The highest BCUT2D eigenvalue weighted by Gasteiger charge is 2.64. The molecule has 0 amide bonds. The summed E-state index contributed by atoms with van der Waals surface area (Å²) in [5, 5.41) is 54.3. The number of aliphatic hydroxyl groups excluding tert-OH is 3. The number of Topliss-reactive ketones (excluding diaryl/α,β-unsaturated/α-hetero) is 3. The average Bonchev–Trinajstić information content (AvgIpc) is 2.67. The van der Waals surface area contributed by atoms with Gasteiger partial charge in [-0.25, -0.2) is 0 Å². The predicted molar refractivity (Wildman–Crippen MR) is 104 cm³/mol. The van der Waals surface area contributed by atoms with Crippen molar-refractivity contribution in [2.45, 2.75) is 44.8 Å². The van der Waals surface area contributed by atoms with Gasteiger partial charge in [-0.1, -0.05) is 19.1 Å². The van der Waals surface area contributed by atoms with Gasteiger partial charge in [-0.3, -0.25) is 14.4 Å². The van der Waals surface area contributed by atoms with E-state index >= 15 is 0 Å². The van der Waals surface area contributed by atoms with Gasteiger partial charge in [0.15, 0.2) is 17.2 Å². The molecule has 1 fully saturated rings. The van der Waals surface area contributed by atoms with Crippen molar-refractivity contribution in [1.29, 1.82) is 0 Å². The number of ketones is 3. The van der Waals surface area contributed by atoms with E-state index in [4.69, 9.17) is 0 Å². The summed E-state index contributed by atoms with van der Waals surface area (Å²) in [7, 11) is 0. The summed E-state index contributed by atoms with van der Waals surface area (Å²) in [4.78, 5) is 37.7. The molecule has 4 rings (SSSR count). The molecule has 30 heavy (non-hydrogen) atoms. The molecule has 1 aromatic carbocycles. The summed E-state index contributed by atoms with van der Waals surface area (Å²) in [6.45, 7) is 4.34. The number of aryl methyl sites for hydroxylation is 1. The van der Waals surface area contributed by atoms with Gasteiger partial charge < -0.3 is 25.5 Å². The van der Waals surface area contributed by atoms with Crippen molar-refractivity contribution in [3.05, 3.63) is 45.7 Å². The van der Waals surface area contributed by atoms with Gasteiger partial charge in [0.1, 0.15) is 22.8 Å². The minimum absolute atomic E-state index is 0.0264. The second kappa shape index (κ2) is 6.26. The lowest BCUT2D eigenvalue weighted by atomic mass is 9.55. The van der Waals surface area contributed by atoms with Crippen LogP contribution in [0, 0.1) is 18.8 Å². The van der Waals surface area contributed by atoms with Crippen LogP contribution in [0.1, 0.15) is 42.9 Å². The van der Waals surface area contributed by atoms with E-state index in [1.165, 1.54) is 0 Å². The van der Waals surface area contributed by atoms with Crippen molar-refractivity contribution in [1.82, 2.24) is 0 Å². The summed E-state index contributed by atoms with van der Waals surface area (Å²) in [5.41, 5.74) is -2.77. The predicted octanol–water partition coefficient (Wildman–Crippen LogP) is 1.37. The van der Waals surface area contributed by atoms with E-state index < -0.39 is 70.3 Å². The number of fused-ring (bicyclic) bond motifs is 3. The van der Waals surface area contributed by atoms with Crippen LogP contribution in [0.5, 0.6) is 5.75 Å². The molecule has 8 heteroatoms. The fourth-order valence-corrected chi connectivity index (χ4v) is 5.21. The minimum atomic E-state index is -2.73. The highest BCUT2D eigenvalue weighted by Crippen LogP contribution is 2.55. The van der Waals surface area contributed by atoms with Gasteiger partial charge in [0, 0.05) is 23.8 Å². The van der Waals surface area contributed by atoms with E-state index in [1.54, 1.807) is 26.0 Å². The molecular weight excluding hydrogens is 392 g/mol. The third-order valence-electron chi connectivity index (χ3n) is 6.81. The van der Waals surface area contributed by atoms with E-state index in [0.717, 1.165) is 6.92 Å². The summed E-state index contributed by atoms with van der Waals surface area (Å²) in [6, 6.07) is 3.32. The second-order valence-electron chi connectivity index (χ2n) is 8.37. The number of carbonyl (C=O) groups is 3.